The third-order valence-electron chi connectivity index (χ3n) is 6.33. The number of allylic oxidation sites excluding steroid dienone is 2. The van der Waals surface area contributed by atoms with Gasteiger partial charge in [-0.1, -0.05) is 50.1 Å². The van der Waals surface area contributed by atoms with Crippen LogP contribution >= 0.6 is 0 Å². The summed E-state index contributed by atoms with van der Waals surface area (Å²) in [6, 6.07) is 8.95. The van der Waals surface area contributed by atoms with E-state index in [1.54, 1.807) is 11.3 Å². The standard InChI is InChI=1S/C20H23N/c1-2-3-6-15-17-12-9-10-13(11-12)18(17)20-19(15)14-7-4-5-8-16(14)21-20/h4-5,7-10,12-13,15,17-18,21H,2-3,6,11H2,1H3/t12-,13+,15-,17-,18-/m0/s1. The number of hydrogen-bond acceptors (Lipinski definition) is 0. The summed E-state index contributed by atoms with van der Waals surface area (Å²) in [5.74, 6) is 4.11. The van der Waals surface area contributed by atoms with E-state index < -0.39 is 0 Å². The first-order valence-corrected chi connectivity index (χ1v) is 8.67. The van der Waals surface area contributed by atoms with Crippen molar-refractivity contribution in [2.24, 2.45) is 17.8 Å². The highest BCUT2D eigenvalue weighted by Crippen LogP contribution is 2.64. The molecule has 108 valence electrons. The molecule has 0 radical (unpaired) electrons. The molecule has 0 amide bonds. The molecule has 2 aromatic rings. The van der Waals surface area contributed by atoms with Crippen LogP contribution in [0.25, 0.3) is 10.9 Å². The predicted molar refractivity (Wildman–Crippen MR) is 87.5 cm³/mol. The number of H-pyrrole nitrogens is 1. The van der Waals surface area contributed by atoms with Crippen LogP contribution in [0.3, 0.4) is 0 Å². The molecule has 1 nitrogen and oxygen atoms in total. The Labute approximate surface area is 126 Å². The highest BCUT2D eigenvalue weighted by Gasteiger charge is 2.54. The van der Waals surface area contributed by atoms with Crippen LogP contribution in [0, 0.1) is 17.8 Å². The molecule has 0 saturated heterocycles. The second-order valence-electron chi connectivity index (χ2n) is 7.30. The minimum atomic E-state index is 0.782. The summed E-state index contributed by atoms with van der Waals surface area (Å²) in [6.45, 7) is 2.32. The number of rotatable bonds is 3. The fraction of sp³-hybridized carbons (Fsp3) is 0.500. The molecule has 2 bridgehead atoms. The Hall–Kier alpha value is -1.50. The lowest BCUT2D eigenvalue weighted by Gasteiger charge is -2.27. The first-order valence-electron chi connectivity index (χ1n) is 8.67. The maximum Gasteiger partial charge on any atom is 0.0459 e. The van der Waals surface area contributed by atoms with Crippen molar-refractivity contribution in [2.45, 2.75) is 44.4 Å². The molecule has 3 aliphatic rings. The van der Waals surface area contributed by atoms with Crippen LogP contribution in [-0.4, -0.2) is 4.98 Å². The number of fused-ring (bicyclic) bond motifs is 9. The van der Waals surface area contributed by atoms with E-state index in [2.05, 4.69) is 48.3 Å². The molecule has 1 aromatic carbocycles. The van der Waals surface area contributed by atoms with Gasteiger partial charge in [-0.15, -0.1) is 0 Å². The molecule has 1 heteroatoms. The number of aromatic nitrogens is 1. The van der Waals surface area contributed by atoms with Crippen molar-refractivity contribution in [3.8, 4) is 0 Å². The van der Waals surface area contributed by atoms with E-state index in [9.17, 15) is 0 Å². The number of hydrogen-bond donors (Lipinski definition) is 1. The summed E-state index contributed by atoms with van der Waals surface area (Å²) < 4.78 is 0. The van der Waals surface area contributed by atoms with E-state index in [4.69, 9.17) is 0 Å². The fourth-order valence-electron chi connectivity index (χ4n) is 5.62. The number of unbranched alkanes of at least 4 members (excludes halogenated alkanes) is 1. The molecule has 0 aliphatic heterocycles. The van der Waals surface area contributed by atoms with Gasteiger partial charge in [-0.25, -0.2) is 0 Å². The zero-order chi connectivity index (χ0) is 14.0. The highest BCUT2D eigenvalue weighted by molar-refractivity contribution is 5.86. The minimum absolute atomic E-state index is 0.782. The average Bonchev–Trinajstić information content (AvgIpc) is 3.23. The average molecular weight is 277 g/mol. The first kappa shape index (κ1) is 12.1. The summed E-state index contributed by atoms with van der Waals surface area (Å²) >= 11 is 0. The van der Waals surface area contributed by atoms with Crippen LogP contribution in [0.1, 0.15) is 55.7 Å². The molecule has 0 unspecified atom stereocenters. The van der Waals surface area contributed by atoms with Crippen LogP contribution in [0.4, 0.5) is 0 Å². The topological polar surface area (TPSA) is 15.8 Å². The minimum Gasteiger partial charge on any atom is -0.358 e. The maximum absolute atomic E-state index is 3.80. The van der Waals surface area contributed by atoms with E-state index in [1.165, 1.54) is 36.6 Å². The van der Waals surface area contributed by atoms with Crippen molar-refractivity contribution in [1.29, 1.82) is 0 Å². The molecular weight excluding hydrogens is 254 g/mol. The van der Waals surface area contributed by atoms with Gasteiger partial charge in [0.1, 0.15) is 0 Å². The zero-order valence-corrected chi connectivity index (χ0v) is 12.7. The second kappa shape index (κ2) is 4.25. The summed E-state index contributed by atoms with van der Waals surface area (Å²) in [5, 5.41) is 1.50. The lowest BCUT2D eigenvalue weighted by molar-refractivity contribution is 0.338. The molecule has 0 spiro atoms. The number of para-hydroxylation sites is 1. The first-order chi connectivity index (χ1) is 10.4. The molecule has 1 fully saturated rings. The Kier molecular flexibility index (Phi) is 2.45. The largest absolute Gasteiger partial charge is 0.358 e. The molecule has 1 saturated carbocycles. The van der Waals surface area contributed by atoms with Gasteiger partial charge in [0.2, 0.25) is 0 Å². The van der Waals surface area contributed by atoms with Gasteiger partial charge in [0.15, 0.2) is 0 Å². The Morgan fingerprint density at radius 1 is 1.14 bits per heavy atom. The Morgan fingerprint density at radius 2 is 2.00 bits per heavy atom. The zero-order valence-electron chi connectivity index (χ0n) is 12.7. The van der Waals surface area contributed by atoms with Crippen molar-refractivity contribution in [2.75, 3.05) is 0 Å². The van der Waals surface area contributed by atoms with Gasteiger partial charge >= 0.3 is 0 Å². The summed E-state index contributed by atoms with van der Waals surface area (Å²) in [7, 11) is 0. The monoisotopic (exact) mass is 277 g/mol. The molecule has 5 rings (SSSR count). The molecule has 3 aliphatic carbocycles. The molecule has 1 N–H and O–H groups in total. The fourth-order valence-corrected chi connectivity index (χ4v) is 5.62. The number of benzene rings is 1. The lowest BCUT2D eigenvalue weighted by atomic mass is 9.77. The smallest absolute Gasteiger partial charge is 0.0459 e. The third-order valence-corrected chi connectivity index (χ3v) is 6.33. The van der Waals surface area contributed by atoms with Gasteiger partial charge < -0.3 is 4.98 Å². The Balaban J connectivity index is 1.69. The molecule has 21 heavy (non-hydrogen) atoms. The SMILES string of the molecule is CCCC[C@@H]1c2c([nH]c3ccccc23)[C@@H]2[C@H]1[C@H]1C=C[C@@H]2C1. The van der Waals surface area contributed by atoms with E-state index >= 15 is 0 Å². The van der Waals surface area contributed by atoms with Crippen LogP contribution in [-0.2, 0) is 0 Å². The van der Waals surface area contributed by atoms with Gasteiger partial charge in [-0.3, -0.25) is 0 Å². The second-order valence-corrected chi connectivity index (χ2v) is 7.30. The maximum atomic E-state index is 3.80. The summed E-state index contributed by atoms with van der Waals surface area (Å²) in [5.41, 5.74) is 4.64. The van der Waals surface area contributed by atoms with Crippen LogP contribution in [0.5, 0.6) is 0 Å². The molecular formula is C20H23N. The van der Waals surface area contributed by atoms with Gasteiger partial charge in [0.05, 0.1) is 0 Å². The van der Waals surface area contributed by atoms with Crippen molar-refractivity contribution >= 4 is 10.9 Å². The predicted octanol–water partition coefficient (Wildman–Crippen LogP) is 5.36. The van der Waals surface area contributed by atoms with Crippen LogP contribution < -0.4 is 0 Å². The quantitative estimate of drug-likeness (QED) is 0.727. The van der Waals surface area contributed by atoms with Crippen molar-refractivity contribution in [3.05, 3.63) is 47.7 Å². The third kappa shape index (κ3) is 1.47. The molecule has 1 aromatic heterocycles. The summed E-state index contributed by atoms with van der Waals surface area (Å²) in [4.78, 5) is 3.80. The van der Waals surface area contributed by atoms with E-state index in [-0.39, 0.29) is 0 Å². The van der Waals surface area contributed by atoms with Crippen molar-refractivity contribution in [1.82, 2.24) is 4.98 Å². The van der Waals surface area contributed by atoms with E-state index in [0.717, 1.165) is 29.6 Å². The van der Waals surface area contributed by atoms with Crippen molar-refractivity contribution in [3.63, 3.8) is 0 Å². The van der Waals surface area contributed by atoms with Gasteiger partial charge in [0.25, 0.3) is 0 Å². The van der Waals surface area contributed by atoms with Crippen LogP contribution in [0.2, 0.25) is 0 Å². The Bertz CT molecular complexity index is 723. The number of nitrogens with one attached hydrogen (secondary N) is 1. The van der Waals surface area contributed by atoms with Gasteiger partial charge in [-0.05, 0) is 48.1 Å². The Morgan fingerprint density at radius 3 is 2.90 bits per heavy atom. The van der Waals surface area contributed by atoms with Crippen molar-refractivity contribution < 1.29 is 0 Å². The molecule has 5 atom stereocenters. The van der Waals surface area contributed by atoms with Gasteiger partial charge in [-0.2, -0.15) is 0 Å². The van der Waals surface area contributed by atoms with Crippen LogP contribution in [0.15, 0.2) is 36.4 Å². The highest BCUT2D eigenvalue weighted by atomic mass is 14.8. The van der Waals surface area contributed by atoms with E-state index in [1.807, 2.05) is 0 Å². The van der Waals surface area contributed by atoms with E-state index in [0.29, 0.717) is 0 Å². The number of aromatic amines is 1. The lowest BCUT2D eigenvalue weighted by Crippen LogP contribution is -2.18. The molecule has 1 heterocycles. The van der Waals surface area contributed by atoms with Gasteiger partial charge in [0, 0.05) is 22.5 Å². The summed E-state index contributed by atoms with van der Waals surface area (Å²) in [6.07, 6.45) is 10.5. The normalized spacial score (nSPS) is 35.6.